The van der Waals surface area contributed by atoms with Crippen molar-refractivity contribution in [3.63, 3.8) is 0 Å². The van der Waals surface area contributed by atoms with Gasteiger partial charge in [0.15, 0.2) is 0 Å². The molecule has 0 saturated carbocycles. The van der Waals surface area contributed by atoms with Gasteiger partial charge < -0.3 is 19.5 Å². The number of nitrogens with one attached hydrogen (secondary N) is 1. The zero-order chi connectivity index (χ0) is 19.8. The summed E-state index contributed by atoms with van der Waals surface area (Å²) in [6, 6.07) is 14.6. The van der Waals surface area contributed by atoms with Crippen LogP contribution in [0.1, 0.15) is 10.4 Å². The van der Waals surface area contributed by atoms with E-state index in [2.05, 4.69) is 22.1 Å². The van der Waals surface area contributed by atoms with E-state index in [-0.39, 0.29) is 19.1 Å². The topological polar surface area (TPSA) is 69.7 Å². The van der Waals surface area contributed by atoms with Gasteiger partial charge >= 0.3 is 0 Å². The molecule has 6 heteroatoms. The predicted octanol–water partition coefficient (Wildman–Crippen LogP) is 3.06. The maximum atomic E-state index is 12.2. The first-order valence-corrected chi connectivity index (χ1v) is 8.64. The number of carbonyl (C=O) groups excluding carboxylic acids is 1. The summed E-state index contributed by atoms with van der Waals surface area (Å²) in [6.07, 6.45) is 1.74. The van der Waals surface area contributed by atoms with Crippen LogP contribution in [0.2, 0.25) is 0 Å². The van der Waals surface area contributed by atoms with Gasteiger partial charge in [0, 0.05) is 29.3 Å². The van der Waals surface area contributed by atoms with Crippen LogP contribution in [0, 0.1) is 11.8 Å². The summed E-state index contributed by atoms with van der Waals surface area (Å²) in [5, 5.41) is 3.79. The number of aromatic nitrogens is 1. The molecule has 1 N–H and O–H groups in total. The monoisotopic (exact) mass is 376 g/mol. The number of ether oxygens (including phenoxy) is 3. The molecular weight excluding hydrogens is 356 g/mol. The Morgan fingerprint density at radius 2 is 1.79 bits per heavy atom. The van der Waals surface area contributed by atoms with E-state index in [1.54, 1.807) is 24.4 Å². The first-order chi connectivity index (χ1) is 13.7. The van der Waals surface area contributed by atoms with E-state index in [9.17, 15) is 4.79 Å². The minimum atomic E-state index is -0.256. The maximum Gasteiger partial charge on any atom is 0.252 e. The molecule has 3 rings (SSSR count). The highest BCUT2D eigenvalue weighted by Crippen LogP contribution is 2.22. The number of carbonyl (C=O) groups is 1. The van der Waals surface area contributed by atoms with Crippen molar-refractivity contribution in [1.82, 2.24) is 10.3 Å². The number of amides is 1. The van der Waals surface area contributed by atoms with E-state index in [1.165, 1.54) is 14.2 Å². The number of hydrogen-bond donors (Lipinski definition) is 1. The summed E-state index contributed by atoms with van der Waals surface area (Å²) < 4.78 is 15.9. The highest BCUT2D eigenvalue weighted by atomic mass is 16.5. The lowest BCUT2D eigenvalue weighted by Crippen LogP contribution is -2.23. The molecule has 0 aliphatic rings. The van der Waals surface area contributed by atoms with Crippen molar-refractivity contribution >= 4 is 16.8 Å². The zero-order valence-electron chi connectivity index (χ0n) is 15.7. The van der Waals surface area contributed by atoms with E-state index >= 15 is 0 Å². The van der Waals surface area contributed by atoms with Crippen molar-refractivity contribution in [3.05, 3.63) is 60.3 Å². The Balaban J connectivity index is 1.50. The van der Waals surface area contributed by atoms with Crippen LogP contribution in [0.3, 0.4) is 0 Å². The lowest BCUT2D eigenvalue weighted by molar-refractivity contribution is 0.0958. The lowest BCUT2D eigenvalue weighted by Gasteiger charge is -2.08. The summed E-state index contributed by atoms with van der Waals surface area (Å²) in [6.45, 7) is 0.433. The molecule has 1 heterocycles. The van der Waals surface area contributed by atoms with Gasteiger partial charge in [0.25, 0.3) is 5.91 Å². The van der Waals surface area contributed by atoms with Crippen molar-refractivity contribution < 1.29 is 19.0 Å². The van der Waals surface area contributed by atoms with Crippen LogP contribution in [0.5, 0.6) is 17.2 Å². The van der Waals surface area contributed by atoms with Crippen LogP contribution in [-0.2, 0) is 0 Å². The Morgan fingerprint density at radius 3 is 2.54 bits per heavy atom. The molecular formula is C22H20N2O4. The quantitative estimate of drug-likeness (QED) is 0.670. The molecule has 0 radical (unpaired) electrons. The highest BCUT2D eigenvalue weighted by molar-refractivity contribution is 5.95. The average Bonchev–Trinajstić information content (AvgIpc) is 2.75. The Labute approximate surface area is 163 Å². The van der Waals surface area contributed by atoms with Gasteiger partial charge in [0.2, 0.25) is 0 Å². The summed E-state index contributed by atoms with van der Waals surface area (Å²) in [7, 11) is 3.07. The van der Waals surface area contributed by atoms with Gasteiger partial charge in [-0.25, -0.2) is 0 Å². The van der Waals surface area contributed by atoms with Crippen molar-refractivity contribution in [2.45, 2.75) is 0 Å². The molecule has 142 valence electrons. The van der Waals surface area contributed by atoms with Gasteiger partial charge in [-0.3, -0.25) is 9.78 Å². The second-order valence-electron chi connectivity index (χ2n) is 5.78. The normalized spacial score (nSPS) is 9.93. The van der Waals surface area contributed by atoms with E-state index in [0.29, 0.717) is 22.8 Å². The molecule has 3 aromatic rings. The first-order valence-electron chi connectivity index (χ1n) is 8.64. The summed E-state index contributed by atoms with van der Waals surface area (Å²) in [5.41, 5.74) is 1.31. The molecule has 1 amide bonds. The molecule has 6 nitrogen and oxygen atoms in total. The second-order valence-corrected chi connectivity index (χ2v) is 5.78. The molecule has 0 fully saturated rings. The van der Waals surface area contributed by atoms with E-state index in [1.807, 2.05) is 30.3 Å². The van der Waals surface area contributed by atoms with E-state index in [0.717, 1.165) is 10.9 Å². The van der Waals surface area contributed by atoms with Gasteiger partial charge in [-0.05, 0) is 30.3 Å². The number of pyridine rings is 1. The highest BCUT2D eigenvalue weighted by Gasteiger charge is 2.08. The first kappa shape index (κ1) is 19.1. The third-order valence-electron chi connectivity index (χ3n) is 3.96. The number of nitrogens with zero attached hydrogens (tertiary/aromatic N) is 1. The van der Waals surface area contributed by atoms with Crippen molar-refractivity contribution in [2.24, 2.45) is 0 Å². The van der Waals surface area contributed by atoms with Crippen molar-refractivity contribution in [3.8, 4) is 29.1 Å². The Hall–Kier alpha value is -3.72. The second kappa shape index (κ2) is 9.28. The smallest absolute Gasteiger partial charge is 0.252 e. The van der Waals surface area contributed by atoms with Gasteiger partial charge in [-0.1, -0.05) is 17.9 Å². The van der Waals surface area contributed by atoms with Gasteiger partial charge in [0.05, 0.1) is 26.3 Å². The molecule has 0 aliphatic heterocycles. The van der Waals surface area contributed by atoms with Crippen LogP contribution in [0.4, 0.5) is 0 Å². The number of fused-ring (bicyclic) bond motifs is 1. The summed E-state index contributed by atoms with van der Waals surface area (Å²) in [4.78, 5) is 16.5. The molecule has 0 spiro atoms. The number of hydrogen-bond acceptors (Lipinski definition) is 5. The Morgan fingerprint density at radius 1 is 1.00 bits per heavy atom. The average molecular weight is 376 g/mol. The standard InChI is InChI=1S/C22H20N2O4/c1-26-19-12-17(13-20(14-19)27-2)22(25)24-9-3-4-11-28-18-8-7-16-6-5-10-23-21(16)15-18/h5-8,10,12-15H,9,11H2,1-2H3,(H,24,25). The number of benzene rings is 2. The van der Waals surface area contributed by atoms with Crippen LogP contribution in [0.25, 0.3) is 10.9 Å². The maximum absolute atomic E-state index is 12.2. The van der Waals surface area contributed by atoms with Crippen molar-refractivity contribution in [1.29, 1.82) is 0 Å². The summed E-state index contributed by atoms with van der Waals surface area (Å²) >= 11 is 0. The van der Waals surface area contributed by atoms with Gasteiger partial charge in [0.1, 0.15) is 23.9 Å². The molecule has 0 aliphatic carbocycles. The summed E-state index contributed by atoms with van der Waals surface area (Å²) in [5.74, 6) is 7.29. The van der Waals surface area contributed by atoms with Crippen molar-refractivity contribution in [2.75, 3.05) is 27.4 Å². The fourth-order valence-corrected chi connectivity index (χ4v) is 2.53. The lowest BCUT2D eigenvalue weighted by atomic mass is 10.2. The molecule has 2 aromatic carbocycles. The molecule has 28 heavy (non-hydrogen) atoms. The Bertz CT molecular complexity index is 1020. The third-order valence-corrected chi connectivity index (χ3v) is 3.96. The SMILES string of the molecule is COc1cc(OC)cc(C(=O)NCC#CCOc2ccc3cccnc3c2)c1. The van der Waals surface area contributed by atoms with Crippen LogP contribution >= 0.6 is 0 Å². The third kappa shape index (κ3) is 4.92. The minimum absolute atomic E-state index is 0.209. The largest absolute Gasteiger partial charge is 0.497 e. The minimum Gasteiger partial charge on any atom is -0.497 e. The number of rotatable bonds is 6. The zero-order valence-corrected chi connectivity index (χ0v) is 15.7. The fourth-order valence-electron chi connectivity index (χ4n) is 2.53. The molecule has 0 atom stereocenters. The van der Waals surface area contributed by atoms with Gasteiger partial charge in [-0.15, -0.1) is 0 Å². The van der Waals surface area contributed by atoms with Crippen LogP contribution in [0.15, 0.2) is 54.7 Å². The molecule has 0 unspecified atom stereocenters. The van der Waals surface area contributed by atoms with E-state index < -0.39 is 0 Å². The fraction of sp³-hybridized carbons (Fsp3) is 0.182. The molecule has 1 aromatic heterocycles. The molecule has 0 bridgehead atoms. The number of methoxy groups -OCH3 is 2. The molecule has 0 saturated heterocycles. The predicted molar refractivity (Wildman–Crippen MR) is 107 cm³/mol. The van der Waals surface area contributed by atoms with E-state index in [4.69, 9.17) is 14.2 Å². The van der Waals surface area contributed by atoms with Crippen LogP contribution in [-0.4, -0.2) is 38.3 Å². The Kier molecular flexibility index (Phi) is 6.32. The van der Waals surface area contributed by atoms with Crippen LogP contribution < -0.4 is 19.5 Å². The van der Waals surface area contributed by atoms with Gasteiger partial charge in [-0.2, -0.15) is 0 Å².